The Bertz CT molecular complexity index is 695. The molecule has 0 radical (unpaired) electrons. The normalized spacial score (nSPS) is 12.6. The van der Waals surface area contributed by atoms with Crippen molar-refractivity contribution in [3.05, 3.63) is 65.0 Å². The van der Waals surface area contributed by atoms with E-state index in [4.69, 9.17) is 5.11 Å². The molecule has 1 aromatic heterocycles. The van der Waals surface area contributed by atoms with E-state index in [-0.39, 0.29) is 0 Å². The summed E-state index contributed by atoms with van der Waals surface area (Å²) < 4.78 is 0. The van der Waals surface area contributed by atoms with E-state index in [0.29, 0.717) is 17.5 Å². The lowest BCUT2D eigenvalue weighted by Crippen LogP contribution is -2.32. The van der Waals surface area contributed by atoms with Crippen molar-refractivity contribution in [2.24, 2.45) is 0 Å². The maximum absolute atomic E-state index is 11.0. The number of hydrogen-bond acceptors (Lipinski definition) is 3. The molecule has 2 aromatic rings. The van der Waals surface area contributed by atoms with Gasteiger partial charge in [0.25, 0.3) is 0 Å². The number of nitrogens with zero attached hydrogens (tertiary/aromatic N) is 2. The van der Waals surface area contributed by atoms with Crippen LogP contribution in [0.2, 0.25) is 0 Å². The van der Waals surface area contributed by atoms with Gasteiger partial charge in [-0.25, -0.2) is 4.79 Å². The number of aryl methyl sites for hydroxylation is 1. The number of carboxylic acids is 1. The third kappa shape index (κ3) is 5.68. The highest BCUT2D eigenvalue weighted by atomic mass is 16.4. The van der Waals surface area contributed by atoms with E-state index in [1.165, 1.54) is 5.56 Å². The maximum Gasteiger partial charge on any atom is 0.335 e. The highest BCUT2D eigenvalue weighted by Gasteiger charge is 2.14. The first-order chi connectivity index (χ1) is 11.9. The SMILES string of the molecule is Cc1cccc(CN(CCC(C)c2ccc(C(=O)O)cc2)C(C)C)n1. The maximum atomic E-state index is 11.0. The largest absolute Gasteiger partial charge is 0.478 e. The molecule has 0 aliphatic rings. The van der Waals surface area contributed by atoms with Crippen molar-refractivity contribution in [1.29, 1.82) is 0 Å². The summed E-state index contributed by atoms with van der Waals surface area (Å²) in [5, 5.41) is 9.00. The van der Waals surface area contributed by atoms with Gasteiger partial charge in [0, 0.05) is 18.3 Å². The molecule has 1 aromatic carbocycles. The van der Waals surface area contributed by atoms with Crippen LogP contribution in [-0.2, 0) is 6.54 Å². The third-order valence-electron chi connectivity index (χ3n) is 4.62. The number of pyridine rings is 1. The Morgan fingerprint density at radius 2 is 1.80 bits per heavy atom. The molecule has 0 saturated carbocycles. The molecular weight excluding hydrogens is 312 g/mol. The van der Waals surface area contributed by atoms with Gasteiger partial charge in [-0.3, -0.25) is 9.88 Å². The van der Waals surface area contributed by atoms with Crippen LogP contribution in [0, 0.1) is 6.92 Å². The van der Waals surface area contributed by atoms with Crippen molar-refractivity contribution in [3.8, 4) is 0 Å². The molecule has 1 atom stereocenters. The smallest absolute Gasteiger partial charge is 0.335 e. The molecule has 25 heavy (non-hydrogen) atoms. The lowest BCUT2D eigenvalue weighted by Gasteiger charge is -2.27. The predicted molar refractivity (Wildman–Crippen MR) is 101 cm³/mol. The van der Waals surface area contributed by atoms with Gasteiger partial charge in [0.1, 0.15) is 0 Å². The van der Waals surface area contributed by atoms with Crippen LogP contribution in [0.4, 0.5) is 0 Å². The molecule has 1 heterocycles. The quantitative estimate of drug-likeness (QED) is 0.769. The molecule has 0 aliphatic heterocycles. The molecular formula is C21H28N2O2. The minimum atomic E-state index is -0.879. The molecule has 0 spiro atoms. The van der Waals surface area contributed by atoms with Crippen molar-refractivity contribution >= 4 is 5.97 Å². The molecule has 0 aliphatic carbocycles. The minimum absolute atomic E-state index is 0.338. The Kier molecular flexibility index (Phi) is 6.71. The molecule has 4 heteroatoms. The second kappa shape index (κ2) is 8.77. The van der Waals surface area contributed by atoms with Crippen LogP contribution in [0.5, 0.6) is 0 Å². The van der Waals surface area contributed by atoms with Crippen LogP contribution >= 0.6 is 0 Å². The van der Waals surface area contributed by atoms with Crippen molar-refractivity contribution < 1.29 is 9.90 Å². The number of benzene rings is 1. The summed E-state index contributed by atoms with van der Waals surface area (Å²) in [4.78, 5) is 18.0. The van der Waals surface area contributed by atoms with Crippen LogP contribution in [0.15, 0.2) is 42.5 Å². The van der Waals surface area contributed by atoms with E-state index in [1.54, 1.807) is 12.1 Å². The molecule has 4 nitrogen and oxygen atoms in total. The summed E-state index contributed by atoms with van der Waals surface area (Å²) in [7, 11) is 0. The molecule has 0 saturated heterocycles. The number of hydrogen-bond donors (Lipinski definition) is 1. The summed E-state index contributed by atoms with van der Waals surface area (Å²) in [5.41, 5.74) is 3.67. The van der Waals surface area contributed by atoms with Crippen LogP contribution in [0.3, 0.4) is 0 Å². The fraction of sp³-hybridized carbons (Fsp3) is 0.429. The van der Waals surface area contributed by atoms with Crippen LogP contribution in [0.1, 0.15) is 60.4 Å². The van der Waals surface area contributed by atoms with E-state index in [1.807, 2.05) is 25.1 Å². The summed E-state index contributed by atoms with van der Waals surface area (Å²) in [5.74, 6) is -0.495. The molecule has 1 unspecified atom stereocenters. The molecule has 1 N–H and O–H groups in total. The first kappa shape index (κ1) is 19.1. The van der Waals surface area contributed by atoms with E-state index >= 15 is 0 Å². The molecule has 0 bridgehead atoms. The topological polar surface area (TPSA) is 53.4 Å². The van der Waals surface area contributed by atoms with Crippen LogP contribution in [-0.4, -0.2) is 33.5 Å². The number of carboxylic acid groups (broad SMARTS) is 1. The van der Waals surface area contributed by atoms with Crippen molar-refractivity contribution in [1.82, 2.24) is 9.88 Å². The Hall–Kier alpha value is -2.20. The van der Waals surface area contributed by atoms with Crippen molar-refractivity contribution in [2.45, 2.75) is 52.6 Å². The molecule has 2 rings (SSSR count). The Labute approximate surface area is 150 Å². The van der Waals surface area contributed by atoms with Crippen LogP contribution in [0.25, 0.3) is 0 Å². The summed E-state index contributed by atoms with van der Waals surface area (Å²) in [6.45, 7) is 10.5. The number of aromatic nitrogens is 1. The zero-order valence-electron chi connectivity index (χ0n) is 15.6. The van der Waals surface area contributed by atoms with Gasteiger partial charge < -0.3 is 5.11 Å². The fourth-order valence-corrected chi connectivity index (χ4v) is 2.90. The van der Waals surface area contributed by atoms with E-state index in [0.717, 1.165) is 30.9 Å². The van der Waals surface area contributed by atoms with Gasteiger partial charge in [-0.15, -0.1) is 0 Å². The van der Waals surface area contributed by atoms with Crippen molar-refractivity contribution in [2.75, 3.05) is 6.54 Å². The highest BCUT2D eigenvalue weighted by Crippen LogP contribution is 2.21. The second-order valence-corrected chi connectivity index (χ2v) is 6.95. The van der Waals surface area contributed by atoms with Gasteiger partial charge in [0.05, 0.1) is 11.3 Å². The van der Waals surface area contributed by atoms with Gasteiger partial charge in [-0.1, -0.05) is 25.1 Å². The Morgan fingerprint density at radius 1 is 1.12 bits per heavy atom. The van der Waals surface area contributed by atoms with E-state index in [9.17, 15) is 4.79 Å². The average Bonchev–Trinajstić information content (AvgIpc) is 2.58. The molecule has 134 valence electrons. The van der Waals surface area contributed by atoms with Crippen molar-refractivity contribution in [3.63, 3.8) is 0 Å². The van der Waals surface area contributed by atoms with Gasteiger partial charge >= 0.3 is 5.97 Å². The first-order valence-corrected chi connectivity index (χ1v) is 8.86. The summed E-state index contributed by atoms with van der Waals surface area (Å²) in [6.07, 6.45) is 1.02. The summed E-state index contributed by atoms with van der Waals surface area (Å²) in [6, 6.07) is 13.8. The second-order valence-electron chi connectivity index (χ2n) is 6.95. The standard InChI is InChI=1S/C21H28N2O2/c1-15(2)23(14-20-7-5-6-17(4)22-20)13-12-16(3)18-8-10-19(11-9-18)21(24)25/h5-11,15-16H,12-14H2,1-4H3,(H,24,25). The lowest BCUT2D eigenvalue weighted by atomic mass is 9.96. The monoisotopic (exact) mass is 340 g/mol. The zero-order valence-corrected chi connectivity index (χ0v) is 15.6. The predicted octanol–water partition coefficient (Wildman–Crippen LogP) is 4.49. The third-order valence-corrected chi connectivity index (χ3v) is 4.62. The van der Waals surface area contributed by atoms with Gasteiger partial charge in [-0.05, 0) is 69.5 Å². The Morgan fingerprint density at radius 3 is 2.36 bits per heavy atom. The average molecular weight is 340 g/mol. The fourth-order valence-electron chi connectivity index (χ4n) is 2.90. The number of aromatic carboxylic acids is 1. The zero-order chi connectivity index (χ0) is 18.4. The Balaban J connectivity index is 1.96. The number of carbonyl (C=O) groups is 1. The first-order valence-electron chi connectivity index (χ1n) is 8.86. The van der Waals surface area contributed by atoms with Gasteiger partial charge in [0.15, 0.2) is 0 Å². The minimum Gasteiger partial charge on any atom is -0.478 e. The molecule has 0 fully saturated rings. The van der Waals surface area contributed by atoms with Crippen LogP contribution < -0.4 is 0 Å². The lowest BCUT2D eigenvalue weighted by molar-refractivity contribution is 0.0697. The van der Waals surface area contributed by atoms with E-state index < -0.39 is 5.97 Å². The van der Waals surface area contributed by atoms with E-state index in [2.05, 4.69) is 42.8 Å². The highest BCUT2D eigenvalue weighted by molar-refractivity contribution is 5.87. The van der Waals surface area contributed by atoms with Gasteiger partial charge in [-0.2, -0.15) is 0 Å². The van der Waals surface area contributed by atoms with Gasteiger partial charge in [0.2, 0.25) is 0 Å². The molecule has 0 amide bonds. The number of rotatable bonds is 8. The summed E-state index contributed by atoms with van der Waals surface area (Å²) >= 11 is 0.